The highest BCUT2D eigenvalue weighted by molar-refractivity contribution is 5.99. The van der Waals surface area contributed by atoms with Crippen LogP contribution in [-0.4, -0.2) is 5.91 Å². The molecule has 1 aliphatic rings. The van der Waals surface area contributed by atoms with Gasteiger partial charge in [-0.25, -0.2) is 0 Å². The largest absolute Gasteiger partial charge is 0.325 e. The molecule has 0 bridgehead atoms. The Hall–Kier alpha value is -1.82. The summed E-state index contributed by atoms with van der Waals surface area (Å²) in [4.78, 5) is 11.8. The average Bonchev–Trinajstić information content (AvgIpc) is 3.10. The van der Waals surface area contributed by atoms with Gasteiger partial charge in [-0.1, -0.05) is 26.0 Å². The van der Waals surface area contributed by atoms with E-state index in [1.165, 1.54) is 5.56 Å². The number of hydrogen-bond acceptors (Lipinski definition) is 2. The Morgan fingerprint density at radius 3 is 2.35 bits per heavy atom. The summed E-state index contributed by atoms with van der Waals surface area (Å²) in [6.45, 7) is 4.25. The Labute approximate surface area is 101 Å². The lowest BCUT2D eigenvalue weighted by Crippen LogP contribution is -2.22. The van der Waals surface area contributed by atoms with Gasteiger partial charge < -0.3 is 5.32 Å². The van der Waals surface area contributed by atoms with E-state index in [9.17, 15) is 4.79 Å². The molecule has 1 N–H and O–H groups in total. The van der Waals surface area contributed by atoms with Crippen molar-refractivity contribution < 1.29 is 4.79 Å². The standard InChI is InChI=1S/C14H16N2O/c1-10(2)11-3-5-12(6-4-11)16-13(17)14(9-15)7-8-14/h3-6,10H,7-8H2,1-2H3,(H,16,17). The third kappa shape index (κ3) is 2.31. The smallest absolute Gasteiger partial charge is 0.244 e. The van der Waals surface area contributed by atoms with Crippen LogP contribution in [0.1, 0.15) is 38.2 Å². The highest BCUT2D eigenvalue weighted by atomic mass is 16.2. The molecule has 1 fully saturated rings. The second-order valence-corrected chi connectivity index (χ2v) is 4.92. The molecule has 0 saturated heterocycles. The Kier molecular flexibility index (Phi) is 2.89. The predicted octanol–water partition coefficient (Wildman–Crippen LogP) is 3.05. The number of rotatable bonds is 3. The van der Waals surface area contributed by atoms with E-state index in [0.29, 0.717) is 18.8 Å². The minimum absolute atomic E-state index is 0.169. The van der Waals surface area contributed by atoms with Crippen molar-refractivity contribution in [1.29, 1.82) is 5.26 Å². The number of nitrogens with zero attached hydrogens (tertiary/aromatic N) is 1. The minimum atomic E-state index is -0.753. The number of amides is 1. The molecule has 0 aromatic heterocycles. The monoisotopic (exact) mass is 228 g/mol. The molecule has 17 heavy (non-hydrogen) atoms. The van der Waals surface area contributed by atoms with Crippen LogP contribution in [0.15, 0.2) is 24.3 Å². The van der Waals surface area contributed by atoms with Gasteiger partial charge >= 0.3 is 0 Å². The maximum atomic E-state index is 11.8. The molecule has 1 aromatic rings. The molecule has 1 saturated carbocycles. The Morgan fingerprint density at radius 2 is 1.94 bits per heavy atom. The Balaban J connectivity index is 2.05. The number of carbonyl (C=O) groups is 1. The van der Waals surface area contributed by atoms with Crippen LogP contribution >= 0.6 is 0 Å². The molecule has 3 nitrogen and oxygen atoms in total. The molecule has 0 aliphatic heterocycles. The molecular weight excluding hydrogens is 212 g/mol. The fourth-order valence-corrected chi connectivity index (χ4v) is 1.72. The second kappa shape index (κ2) is 4.21. The van der Waals surface area contributed by atoms with Gasteiger partial charge in [0.1, 0.15) is 5.41 Å². The number of hydrogen-bond donors (Lipinski definition) is 1. The quantitative estimate of drug-likeness (QED) is 0.864. The van der Waals surface area contributed by atoms with Gasteiger partial charge in [-0.05, 0) is 36.5 Å². The third-order valence-electron chi connectivity index (χ3n) is 3.23. The number of nitriles is 1. The van der Waals surface area contributed by atoms with Crippen LogP contribution in [0.3, 0.4) is 0 Å². The molecular formula is C14H16N2O. The van der Waals surface area contributed by atoms with Crippen LogP contribution in [0.5, 0.6) is 0 Å². The van der Waals surface area contributed by atoms with E-state index in [2.05, 4.69) is 25.2 Å². The number of nitrogens with one attached hydrogen (secondary N) is 1. The molecule has 0 radical (unpaired) electrons. The first-order valence-corrected chi connectivity index (χ1v) is 5.90. The van der Waals surface area contributed by atoms with E-state index in [1.54, 1.807) is 0 Å². The molecule has 0 atom stereocenters. The van der Waals surface area contributed by atoms with Gasteiger partial charge in [0.15, 0.2) is 0 Å². The van der Waals surface area contributed by atoms with Crippen molar-refractivity contribution in [3.05, 3.63) is 29.8 Å². The van der Waals surface area contributed by atoms with Crippen molar-refractivity contribution in [2.45, 2.75) is 32.6 Å². The molecule has 1 amide bonds. The number of carbonyl (C=O) groups excluding carboxylic acids is 1. The second-order valence-electron chi connectivity index (χ2n) is 4.92. The zero-order chi connectivity index (χ0) is 12.5. The van der Waals surface area contributed by atoms with Crippen molar-refractivity contribution in [2.24, 2.45) is 5.41 Å². The van der Waals surface area contributed by atoms with Crippen molar-refractivity contribution in [3.8, 4) is 6.07 Å². The zero-order valence-corrected chi connectivity index (χ0v) is 10.2. The van der Waals surface area contributed by atoms with E-state index in [0.717, 1.165) is 5.69 Å². The van der Waals surface area contributed by atoms with E-state index in [4.69, 9.17) is 5.26 Å². The van der Waals surface area contributed by atoms with E-state index < -0.39 is 5.41 Å². The topological polar surface area (TPSA) is 52.9 Å². The van der Waals surface area contributed by atoms with Gasteiger partial charge in [0, 0.05) is 5.69 Å². The third-order valence-corrected chi connectivity index (χ3v) is 3.23. The fraction of sp³-hybridized carbons (Fsp3) is 0.429. The van der Waals surface area contributed by atoms with Gasteiger partial charge in [0.05, 0.1) is 6.07 Å². The summed E-state index contributed by atoms with van der Waals surface area (Å²) < 4.78 is 0. The number of anilines is 1. The normalized spacial score (nSPS) is 16.4. The first-order chi connectivity index (χ1) is 8.07. The zero-order valence-electron chi connectivity index (χ0n) is 10.2. The summed E-state index contributed by atoms with van der Waals surface area (Å²) in [6.07, 6.45) is 1.36. The van der Waals surface area contributed by atoms with Crippen LogP contribution in [0.4, 0.5) is 5.69 Å². The van der Waals surface area contributed by atoms with Crippen LogP contribution in [0, 0.1) is 16.7 Å². The Bertz CT molecular complexity index is 464. The summed E-state index contributed by atoms with van der Waals surface area (Å²) in [6, 6.07) is 9.88. The first-order valence-electron chi connectivity index (χ1n) is 5.90. The molecule has 1 aromatic carbocycles. The lowest BCUT2D eigenvalue weighted by atomic mass is 10.0. The van der Waals surface area contributed by atoms with E-state index >= 15 is 0 Å². The first kappa shape index (κ1) is 11.7. The lowest BCUT2D eigenvalue weighted by Gasteiger charge is -2.10. The SMILES string of the molecule is CC(C)c1ccc(NC(=O)C2(C#N)CC2)cc1. The molecule has 0 spiro atoms. The predicted molar refractivity (Wildman–Crippen MR) is 66.4 cm³/mol. The minimum Gasteiger partial charge on any atom is -0.325 e. The molecule has 0 heterocycles. The maximum absolute atomic E-state index is 11.8. The van der Waals surface area contributed by atoms with Crippen molar-refractivity contribution >= 4 is 11.6 Å². The molecule has 3 heteroatoms. The van der Waals surface area contributed by atoms with Crippen LogP contribution in [0.2, 0.25) is 0 Å². The van der Waals surface area contributed by atoms with E-state index in [-0.39, 0.29) is 5.91 Å². The van der Waals surface area contributed by atoms with Crippen LogP contribution in [-0.2, 0) is 4.79 Å². The summed E-state index contributed by atoms with van der Waals surface area (Å²) in [5, 5.41) is 11.7. The summed E-state index contributed by atoms with van der Waals surface area (Å²) in [5.74, 6) is 0.311. The molecule has 1 aliphatic carbocycles. The summed E-state index contributed by atoms with van der Waals surface area (Å²) in [7, 11) is 0. The summed E-state index contributed by atoms with van der Waals surface area (Å²) >= 11 is 0. The number of benzene rings is 1. The molecule has 88 valence electrons. The van der Waals surface area contributed by atoms with Gasteiger partial charge in [0.2, 0.25) is 5.91 Å². The lowest BCUT2D eigenvalue weighted by molar-refractivity contribution is -0.119. The fourth-order valence-electron chi connectivity index (χ4n) is 1.72. The van der Waals surface area contributed by atoms with Gasteiger partial charge in [-0.15, -0.1) is 0 Å². The van der Waals surface area contributed by atoms with Crippen molar-refractivity contribution in [1.82, 2.24) is 0 Å². The highest BCUT2D eigenvalue weighted by Gasteiger charge is 2.50. The van der Waals surface area contributed by atoms with Crippen molar-refractivity contribution in [3.63, 3.8) is 0 Å². The summed E-state index contributed by atoms with van der Waals surface area (Å²) in [5.41, 5.74) is 1.25. The van der Waals surface area contributed by atoms with Crippen molar-refractivity contribution in [2.75, 3.05) is 5.32 Å². The Morgan fingerprint density at radius 1 is 1.35 bits per heavy atom. The molecule has 0 unspecified atom stereocenters. The van der Waals surface area contributed by atoms with Gasteiger partial charge in [-0.3, -0.25) is 4.79 Å². The van der Waals surface area contributed by atoms with Crippen LogP contribution in [0.25, 0.3) is 0 Å². The average molecular weight is 228 g/mol. The van der Waals surface area contributed by atoms with Crippen LogP contribution < -0.4 is 5.32 Å². The molecule has 2 rings (SSSR count). The van der Waals surface area contributed by atoms with Gasteiger partial charge in [0.25, 0.3) is 0 Å². The van der Waals surface area contributed by atoms with Gasteiger partial charge in [-0.2, -0.15) is 5.26 Å². The van der Waals surface area contributed by atoms with E-state index in [1.807, 2.05) is 24.3 Å². The maximum Gasteiger partial charge on any atom is 0.244 e. The highest BCUT2D eigenvalue weighted by Crippen LogP contribution is 2.45.